The Morgan fingerprint density at radius 3 is 2.38 bits per heavy atom. The first kappa shape index (κ1) is 40.5. The van der Waals surface area contributed by atoms with E-state index >= 15 is 0 Å². The Hall–Kier alpha value is -5.74. The predicted octanol–water partition coefficient (Wildman–Crippen LogP) is 5.64. The van der Waals surface area contributed by atoms with Gasteiger partial charge in [-0.05, 0) is 62.9 Å². The summed E-state index contributed by atoms with van der Waals surface area (Å²) in [4.78, 5) is 83.1. The molecule has 3 aliphatic heterocycles. The highest BCUT2D eigenvalue weighted by Gasteiger charge is 2.45. The van der Waals surface area contributed by atoms with E-state index in [1.54, 1.807) is 30.3 Å². The van der Waals surface area contributed by atoms with E-state index in [-0.39, 0.29) is 36.3 Å². The number of methoxy groups -OCH3 is 1. The van der Waals surface area contributed by atoms with Crippen molar-refractivity contribution >= 4 is 69.8 Å². The minimum absolute atomic E-state index is 0.0286. The Labute approximate surface area is 343 Å². The van der Waals surface area contributed by atoms with Gasteiger partial charge in [-0.1, -0.05) is 55.5 Å². The van der Waals surface area contributed by atoms with Gasteiger partial charge in [0.15, 0.2) is 5.82 Å². The van der Waals surface area contributed by atoms with Crippen LogP contribution in [0.1, 0.15) is 123 Å². The Morgan fingerprint density at radius 2 is 1.66 bits per heavy atom. The molecule has 0 radical (unpaired) electrons. The lowest BCUT2D eigenvalue weighted by molar-refractivity contribution is -0.141. The highest BCUT2D eigenvalue weighted by molar-refractivity contribution is 7.17. The van der Waals surface area contributed by atoms with E-state index in [1.807, 2.05) is 30.5 Å². The fourth-order valence-corrected chi connectivity index (χ4v) is 9.01. The van der Waals surface area contributed by atoms with Crippen molar-refractivity contribution in [3.05, 3.63) is 91.8 Å². The van der Waals surface area contributed by atoms with Crippen LogP contribution in [-0.4, -0.2) is 87.1 Å². The average molecular weight is 827 g/mol. The number of rotatable bonds is 15. The molecular formula is C41H43ClN8O7S. The van der Waals surface area contributed by atoms with E-state index in [9.17, 15) is 28.8 Å². The van der Waals surface area contributed by atoms with Crippen LogP contribution in [-0.2, 0) is 19.1 Å². The number of amides is 5. The van der Waals surface area contributed by atoms with E-state index in [4.69, 9.17) is 21.3 Å². The van der Waals surface area contributed by atoms with E-state index in [1.165, 1.54) is 18.4 Å². The number of aromatic nitrogens is 3. The topological polar surface area (TPSA) is 194 Å². The number of nitrogens with one attached hydrogen (secondary N) is 3. The maximum atomic E-state index is 13.7. The quantitative estimate of drug-likeness (QED) is 0.0768. The third kappa shape index (κ3) is 8.03. The summed E-state index contributed by atoms with van der Waals surface area (Å²) in [7, 11) is 1.34. The van der Waals surface area contributed by atoms with Gasteiger partial charge in [-0.15, -0.1) is 21.5 Å². The van der Waals surface area contributed by atoms with Gasteiger partial charge in [0, 0.05) is 41.3 Å². The highest BCUT2D eigenvalue weighted by Crippen LogP contribution is 2.40. The van der Waals surface area contributed by atoms with E-state index < -0.39 is 41.7 Å². The molecule has 5 heterocycles. The number of unbranched alkanes of at least 4 members (excludes halogenated alkanes) is 5. The normalized spacial score (nSPS) is 17.2. The fourth-order valence-electron chi connectivity index (χ4n) is 7.60. The predicted molar refractivity (Wildman–Crippen MR) is 217 cm³/mol. The van der Waals surface area contributed by atoms with Crippen LogP contribution in [0.5, 0.6) is 0 Å². The third-order valence-corrected chi connectivity index (χ3v) is 12.1. The van der Waals surface area contributed by atoms with Crippen LogP contribution in [0.4, 0.5) is 5.69 Å². The number of anilines is 1. The van der Waals surface area contributed by atoms with Crippen LogP contribution in [0.3, 0.4) is 0 Å². The molecule has 3 aliphatic rings. The van der Waals surface area contributed by atoms with E-state index in [0.717, 1.165) is 65.1 Å². The zero-order valence-corrected chi connectivity index (χ0v) is 33.9. The molecule has 58 heavy (non-hydrogen) atoms. The van der Waals surface area contributed by atoms with Crippen molar-refractivity contribution in [1.29, 1.82) is 0 Å². The summed E-state index contributed by atoms with van der Waals surface area (Å²) in [6.45, 7) is 4.85. The van der Waals surface area contributed by atoms with Crippen molar-refractivity contribution in [2.24, 2.45) is 4.99 Å². The summed E-state index contributed by atoms with van der Waals surface area (Å²) in [5.41, 5.74) is 4.00. The Kier molecular flexibility index (Phi) is 12.1. The molecular weight excluding hydrogens is 784 g/mol. The van der Waals surface area contributed by atoms with Gasteiger partial charge in [0.2, 0.25) is 11.8 Å². The SMILES string of the molecule is COC(=O)CC1N=C(c2ccc(Cl)cc2)c2c(sc(C(=O)NCCCCCCCCNc3cccc4c3C(=O)N(C3CCC(=O)NC3=O)C4=O)c2C)-n2c(C)nnc21. The molecule has 0 bridgehead atoms. The van der Waals surface area contributed by atoms with E-state index in [0.29, 0.717) is 46.0 Å². The van der Waals surface area contributed by atoms with Crippen molar-refractivity contribution in [2.45, 2.75) is 83.7 Å². The molecule has 17 heteroatoms. The Balaban J connectivity index is 0.907. The summed E-state index contributed by atoms with van der Waals surface area (Å²) in [6.07, 6.45) is 5.67. The number of hydrogen-bond donors (Lipinski definition) is 3. The fraction of sp³-hybridized carbons (Fsp3) is 0.390. The zero-order valence-electron chi connectivity index (χ0n) is 32.4. The van der Waals surface area contributed by atoms with Gasteiger partial charge in [-0.25, -0.2) is 0 Å². The second-order valence-electron chi connectivity index (χ2n) is 14.4. The van der Waals surface area contributed by atoms with Crippen LogP contribution < -0.4 is 16.0 Å². The van der Waals surface area contributed by atoms with Gasteiger partial charge >= 0.3 is 5.97 Å². The minimum Gasteiger partial charge on any atom is -0.469 e. The number of aryl methyl sites for hydroxylation is 1. The van der Waals surface area contributed by atoms with Crippen LogP contribution in [0, 0.1) is 13.8 Å². The van der Waals surface area contributed by atoms with Crippen molar-refractivity contribution in [1.82, 2.24) is 30.3 Å². The molecule has 302 valence electrons. The number of imide groups is 2. The number of nitrogens with zero attached hydrogens (tertiary/aromatic N) is 5. The van der Waals surface area contributed by atoms with E-state index in [2.05, 4.69) is 26.1 Å². The zero-order chi connectivity index (χ0) is 41.1. The molecule has 0 spiro atoms. The maximum absolute atomic E-state index is 13.7. The molecule has 0 aliphatic carbocycles. The van der Waals surface area contributed by atoms with Gasteiger partial charge in [0.1, 0.15) is 22.9 Å². The monoisotopic (exact) mass is 826 g/mol. The van der Waals surface area contributed by atoms with Crippen LogP contribution in [0.15, 0.2) is 47.5 Å². The number of esters is 1. The number of halogens is 1. The number of benzene rings is 2. The number of fused-ring (bicyclic) bond motifs is 4. The van der Waals surface area contributed by atoms with Gasteiger partial charge in [-0.2, -0.15) is 0 Å². The molecule has 7 rings (SSSR count). The van der Waals surface area contributed by atoms with Gasteiger partial charge in [-0.3, -0.25) is 48.5 Å². The average Bonchev–Trinajstić information content (AvgIpc) is 3.80. The lowest BCUT2D eigenvalue weighted by atomic mass is 9.99. The molecule has 3 N–H and O–H groups in total. The van der Waals surface area contributed by atoms with Gasteiger partial charge in [0.05, 0.1) is 35.2 Å². The lowest BCUT2D eigenvalue weighted by Gasteiger charge is -2.27. The van der Waals surface area contributed by atoms with Gasteiger partial charge in [0.25, 0.3) is 17.7 Å². The molecule has 1 saturated heterocycles. The maximum Gasteiger partial charge on any atom is 0.308 e. The van der Waals surface area contributed by atoms with Crippen LogP contribution >= 0.6 is 22.9 Å². The highest BCUT2D eigenvalue weighted by atomic mass is 35.5. The molecule has 5 amide bonds. The molecule has 15 nitrogen and oxygen atoms in total. The summed E-state index contributed by atoms with van der Waals surface area (Å²) in [6, 6.07) is 10.7. The molecule has 4 aromatic rings. The summed E-state index contributed by atoms with van der Waals surface area (Å²) in [5, 5.41) is 18.6. The second kappa shape index (κ2) is 17.4. The number of hydrogen-bond acceptors (Lipinski definition) is 12. The molecule has 2 atom stereocenters. The summed E-state index contributed by atoms with van der Waals surface area (Å²) in [5.74, 6) is -1.61. The number of carbonyl (C=O) groups excluding carboxylic acids is 6. The largest absolute Gasteiger partial charge is 0.469 e. The minimum atomic E-state index is -1.01. The summed E-state index contributed by atoms with van der Waals surface area (Å²) >= 11 is 7.56. The number of piperidine rings is 1. The molecule has 0 saturated carbocycles. The summed E-state index contributed by atoms with van der Waals surface area (Å²) < 4.78 is 6.85. The Bertz CT molecular complexity index is 2340. The van der Waals surface area contributed by atoms with Crippen LogP contribution in [0.2, 0.25) is 5.02 Å². The van der Waals surface area contributed by atoms with Crippen molar-refractivity contribution in [2.75, 3.05) is 25.5 Å². The number of thiophene rings is 1. The lowest BCUT2D eigenvalue weighted by Crippen LogP contribution is -2.54. The second-order valence-corrected chi connectivity index (χ2v) is 15.9. The first-order valence-corrected chi connectivity index (χ1v) is 20.5. The first-order chi connectivity index (χ1) is 28.0. The molecule has 1 fully saturated rings. The van der Waals surface area contributed by atoms with Crippen molar-refractivity contribution < 1.29 is 33.5 Å². The van der Waals surface area contributed by atoms with Crippen LogP contribution in [0.25, 0.3) is 5.00 Å². The van der Waals surface area contributed by atoms with Gasteiger partial charge < -0.3 is 15.4 Å². The number of ether oxygens (including phenoxy) is 1. The smallest absolute Gasteiger partial charge is 0.308 e. The number of aliphatic imine (C=N–C) groups is 1. The van der Waals surface area contributed by atoms with Crippen molar-refractivity contribution in [3.63, 3.8) is 0 Å². The molecule has 2 unspecified atom stereocenters. The number of carbonyl (C=O) groups is 6. The Morgan fingerprint density at radius 1 is 0.931 bits per heavy atom. The third-order valence-electron chi connectivity index (χ3n) is 10.6. The molecule has 2 aromatic carbocycles. The molecule has 2 aromatic heterocycles. The standard InChI is InChI=1S/C41H43ClN8O7S/c1-22-32-34(24-13-15-25(42)16-14-24)45-28(21-31(52)57-3)36-48-47-23(2)49(36)41(32)58-35(22)38(54)44-20-9-7-5-4-6-8-19-43-27-12-10-11-26-33(27)40(56)50(39(26)55)29-17-18-30(51)46-37(29)53/h10-16,28-29,43H,4-9,17-21H2,1-3H3,(H,44,54)(H,46,51,53). The first-order valence-electron chi connectivity index (χ1n) is 19.3. The van der Waals surface area contributed by atoms with Crippen molar-refractivity contribution in [3.8, 4) is 5.00 Å².